The van der Waals surface area contributed by atoms with Gasteiger partial charge in [-0.05, 0) is 60.1 Å². The monoisotopic (exact) mass is 349 g/mol. The van der Waals surface area contributed by atoms with Crippen LogP contribution in [0.3, 0.4) is 0 Å². The summed E-state index contributed by atoms with van der Waals surface area (Å²) in [6.07, 6.45) is 0.382. The number of hydrogen-bond acceptors (Lipinski definition) is 1. The third-order valence-electron chi connectivity index (χ3n) is 4.60. The largest absolute Gasteiger partial charge is 0.481 e. The van der Waals surface area contributed by atoms with E-state index in [-0.39, 0.29) is 35.0 Å². The van der Waals surface area contributed by atoms with Gasteiger partial charge < -0.3 is 10.1 Å². The van der Waals surface area contributed by atoms with E-state index >= 15 is 0 Å². The number of carboxylic acids is 1. The topological polar surface area (TPSA) is 53.1 Å². The maximum atomic E-state index is 14.4. The number of H-pyrrole nitrogens is 1. The van der Waals surface area contributed by atoms with E-state index in [0.717, 1.165) is 6.07 Å². The van der Waals surface area contributed by atoms with E-state index in [1.807, 2.05) is 0 Å². The van der Waals surface area contributed by atoms with E-state index in [1.54, 1.807) is 0 Å². The van der Waals surface area contributed by atoms with Crippen molar-refractivity contribution >= 4 is 16.9 Å². The maximum absolute atomic E-state index is 14.4. The molecule has 25 heavy (non-hydrogen) atoms. The fourth-order valence-corrected chi connectivity index (χ4v) is 3.34. The minimum atomic E-state index is -1.31. The van der Waals surface area contributed by atoms with Crippen LogP contribution in [-0.4, -0.2) is 16.1 Å². The van der Waals surface area contributed by atoms with Gasteiger partial charge in [-0.2, -0.15) is 0 Å². The fraction of sp³-hybridized carbons (Fsp3) is 0.211. The van der Waals surface area contributed by atoms with Gasteiger partial charge in [0.25, 0.3) is 0 Å². The Labute approximate surface area is 146 Å². The summed E-state index contributed by atoms with van der Waals surface area (Å²) in [5.41, 5.74) is -0.0545. The van der Waals surface area contributed by atoms with Crippen molar-refractivity contribution in [2.75, 3.05) is 0 Å². The molecule has 0 atom stereocenters. The molecule has 128 valence electrons. The van der Waals surface area contributed by atoms with Crippen molar-refractivity contribution in [3.63, 3.8) is 0 Å². The Bertz CT molecular complexity index is 1160. The van der Waals surface area contributed by atoms with E-state index in [4.69, 9.17) is 10.6 Å². The second-order valence-electron chi connectivity index (χ2n) is 6.12. The average molecular weight is 349 g/mol. The summed E-state index contributed by atoms with van der Waals surface area (Å²) in [6.45, 7) is 0. The molecule has 1 heterocycles. The first kappa shape index (κ1) is 11.7. The van der Waals surface area contributed by atoms with Gasteiger partial charge in [0.2, 0.25) is 0 Å². The molecule has 2 N–H and O–H groups in total. The highest BCUT2D eigenvalue weighted by atomic mass is 19.1. The molecule has 1 fully saturated rings. The number of aliphatic carboxylic acids is 1. The van der Waals surface area contributed by atoms with Gasteiger partial charge in [0.05, 0.1) is 22.6 Å². The molecule has 0 aliphatic heterocycles. The van der Waals surface area contributed by atoms with Crippen molar-refractivity contribution in [1.29, 1.82) is 0 Å². The molecule has 3 nitrogen and oxygen atoms in total. The second kappa shape index (κ2) is 5.65. The number of aromatic nitrogens is 1. The fourth-order valence-electron chi connectivity index (χ4n) is 3.34. The minimum absolute atomic E-state index is 0.00957. The Hall–Kier alpha value is -2.76. The summed E-state index contributed by atoms with van der Waals surface area (Å²) in [7, 11) is 0. The highest BCUT2D eigenvalue weighted by Crippen LogP contribution is 2.48. The first-order valence-corrected chi connectivity index (χ1v) is 7.61. The Morgan fingerprint density at radius 3 is 2.44 bits per heavy atom. The Morgan fingerprint density at radius 2 is 1.80 bits per heavy atom. The quantitative estimate of drug-likeness (QED) is 0.711. The Balaban J connectivity index is 2.03. The first-order chi connectivity index (χ1) is 13.6. The highest BCUT2D eigenvalue weighted by Gasteiger charge is 2.38. The van der Waals surface area contributed by atoms with Gasteiger partial charge in [-0.15, -0.1) is 0 Å². The standard InChI is InChI=1S/C19H14F3NO2/c20-12-3-1-9(2-4-12)17-16(10-5-11(6-10)19(24)25)14-7-13(21)8-15(22)18(14)23-17/h1-4,7-8,10-11,23H,5-6H2,(H,24,25)/i1D,2D,3D,4D. The second-order valence-corrected chi connectivity index (χ2v) is 6.12. The summed E-state index contributed by atoms with van der Waals surface area (Å²) >= 11 is 0. The van der Waals surface area contributed by atoms with Crippen LogP contribution < -0.4 is 0 Å². The molecular formula is C19H14F3NO2. The van der Waals surface area contributed by atoms with Crippen LogP contribution in [0.15, 0.2) is 36.3 Å². The van der Waals surface area contributed by atoms with E-state index in [1.165, 1.54) is 0 Å². The van der Waals surface area contributed by atoms with E-state index in [0.29, 0.717) is 11.6 Å². The van der Waals surface area contributed by atoms with Crippen LogP contribution in [0, 0.1) is 23.4 Å². The lowest BCUT2D eigenvalue weighted by atomic mass is 9.70. The molecule has 0 unspecified atom stereocenters. The molecule has 1 aliphatic rings. The molecule has 2 aromatic carbocycles. The van der Waals surface area contributed by atoms with E-state index < -0.39 is 59.4 Å². The van der Waals surface area contributed by atoms with Crippen LogP contribution in [0.5, 0.6) is 0 Å². The van der Waals surface area contributed by atoms with Gasteiger partial charge >= 0.3 is 5.97 Å². The summed E-state index contributed by atoms with van der Waals surface area (Å²) in [6, 6.07) is -1.35. The molecule has 0 radical (unpaired) electrons. The van der Waals surface area contributed by atoms with Crippen LogP contribution in [0.1, 0.15) is 29.8 Å². The predicted molar refractivity (Wildman–Crippen MR) is 86.7 cm³/mol. The van der Waals surface area contributed by atoms with E-state index in [9.17, 15) is 18.0 Å². The summed E-state index contributed by atoms with van der Waals surface area (Å²) in [5.74, 6) is -5.13. The van der Waals surface area contributed by atoms with Crippen LogP contribution in [0.2, 0.25) is 0 Å². The molecule has 6 heteroatoms. The molecule has 0 saturated heterocycles. The first-order valence-electron chi connectivity index (χ1n) is 9.61. The molecule has 4 rings (SSSR count). The zero-order chi connectivity index (χ0) is 21.2. The lowest BCUT2D eigenvalue weighted by Gasteiger charge is -2.33. The third-order valence-corrected chi connectivity index (χ3v) is 4.60. The SMILES string of the molecule is [2H]c1c([2H])c(-c2[nH]c3c(F)cc(F)cc3c2C2CC(C(=O)O)C2)c([2H])c([2H])c1F. The van der Waals surface area contributed by atoms with Gasteiger partial charge in [0, 0.05) is 11.5 Å². The molecular weight excluding hydrogens is 331 g/mol. The number of carbonyl (C=O) groups is 1. The number of fused-ring (bicyclic) bond motifs is 1. The smallest absolute Gasteiger partial charge is 0.306 e. The number of carboxylic acid groups (broad SMARTS) is 1. The van der Waals surface area contributed by atoms with Crippen LogP contribution in [0.4, 0.5) is 13.2 Å². The van der Waals surface area contributed by atoms with Crippen molar-refractivity contribution in [2.24, 2.45) is 5.92 Å². The Kier molecular flexibility index (Phi) is 2.65. The van der Waals surface area contributed by atoms with Crippen LogP contribution in [-0.2, 0) is 4.79 Å². The number of halogens is 3. The molecule has 0 spiro atoms. The molecule has 1 aliphatic carbocycles. The lowest BCUT2D eigenvalue weighted by Crippen LogP contribution is -2.28. The molecule has 0 amide bonds. The Morgan fingerprint density at radius 1 is 1.12 bits per heavy atom. The van der Waals surface area contributed by atoms with Crippen molar-refractivity contribution in [3.8, 4) is 11.3 Å². The minimum Gasteiger partial charge on any atom is -0.481 e. The maximum Gasteiger partial charge on any atom is 0.306 e. The molecule has 0 bridgehead atoms. The number of hydrogen-bond donors (Lipinski definition) is 2. The summed E-state index contributed by atoms with van der Waals surface area (Å²) in [4.78, 5) is 13.9. The zero-order valence-corrected chi connectivity index (χ0v) is 12.7. The van der Waals surface area contributed by atoms with Crippen molar-refractivity contribution < 1.29 is 28.6 Å². The molecule has 1 aromatic heterocycles. The van der Waals surface area contributed by atoms with Crippen LogP contribution >= 0.6 is 0 Å². The van der Waals surface area contributed by atoms with Gasteiger partial charge in [-0.1, -0.05) is 0 Å². The van der Waals surface area contributed by atoms with Crippen molar-refractivity contribution in [1.82, 2.24) is 4.98 Å². The normalized spacial score (nSPS) is 22.0. The molecule has 3 aromatic rings. The van der Waals surface area contributed by atoms with Gasteiger partial charge in [-0.3, -0.25) is 4.79 Å². The van der Waals surface area contributed by atoms with E-state index in [2.05, 4.69) is 4.98 Å². The van der Waals surface area contributed by atoms with Crippen molar-refractivity contribution in [3.05, 3.63) is 59.3 Å². The number of benzene rings is 2. The summed E-state index contributed by atoms with van der Waals surface area (Å²) < 4.78 is 73.8. The van der Waals surface area contributed by atoms with Crippen molar-refractivity contribution in [2.45, 2.75) is 18.8 Å². The third kappa shape index (κ3) is 2.58. The molecule has 1 saturated carbocycles. The van der Waals surface area contributed by atoms with Gasteiger partial charge in [-0.25, -0.2) is 13.2 Å². The van der Waals surface area contributed by atoms with Gasteiger partial charge in [0.15, 0.2) is 0 Å². The number of rotatable bonds is 3. The summed E-state index contributed by atoms with van der Waals surface area (Å²) in [5, 5.41) is 9.28. The zero-order valence-electron chi connectivity index (χ0n) is 16.7. The average Bonchev–Trinajstić information content (AvgIpc) is 2.96. The predicted octanol–water partition coefficient (Wildman–Crippen LogP) is 4.83. The lowest BCUT2D eigenvalue weighted by molar-refractivity contribution is -0.145. The van der Waals surface area contributed by atoms with Gasteiger partial charge in [0.1, 0.15) is 17.5 Å². The number of nitrogens with one attached hydrogen (secondary N) is 1. The number of aromatic amines is 1. The highest BCUT2D eigenvalue weighted by molar-refractivity contribution is 5.92. The van der Waals surface area contributed by atoms with Crippen LogP contribution in [0.25, 0.3) is 22.2 Å².